The molecule has 0 bridgehead atoms. The fourth-order valence-corrected chi connectivity index (χ4v) is 3.20. The van der Waals surface area contributed by atoms with Crippen molar-refractivity contribution in [3.8, 4) is 0 Å². The van der Waals surface area contributed by atoms with Crippen LogP contribution in [0.5, 0.6) is 0 Å². The predicted octanol–water partition coefficient (Wildman–Crippen LogP) is 2.43. The highest BCUT2D eigenvalue weighted by Gasteiger charge is 2.35. The molecule has 1 aliphatic rings. The molecule has 4 heteroatoms. The van der Waals surface area contributed by atoms with Crippen molar-refractivity contribution in [2.45, 2.75) is 31.8 Å². The summed E-state index contributed by atoms with van der Waals surface area (Å²) in [6, 6.07) is 2.31. The summed E-state index contributed by atoms with van der Waals surface area (Å²) in [4.78, 5) is 13.3. The molecule has 3 nitrogen and oxygen atoms in total. The van der Waals surface area contributed by atoms with Gasteiger partial charge in [0, 0.05) is 12.6 Å². The van der Waals surface area contributed by atoms with Crippen LogP contribution in [0.3, 0.4) is 0 Å². The topological polar surface area (TPSA) is 40.5 Å². The van der Waals surface area contributed by atoms with E-state index in [4.69, 9.17) is 5.11 Å². The number of carboxylic acid groups (broad SMARTS) is 1. The average molecular weight is 239 g/mol. The zero-order valence-electron chi connectivity index (χ0n) is 9.43. The third-order valence-electron chi connectivity index (χ3n) is 3.37. The minimum Gasteiger partial charge on any atom is -0.481 e. The Labute approximate surface area is 99.7 Å². The Hall–Kier alpha value is -0.870. The van der Waals surface area contributed by atoms with E-state index in [1.807, 2.05) is 7.05 Å². The van der Waals surface area contributed by atoms with Crippen LogP contribution in [0.2, 0.25) is 0 Å². The first kappa shape index (κ1) is 11.6. The highest BCUT2D eigenvalue weighted by Crippen LogP contribution is 2.30. The molecule has 1 aromatic heterocycles. The fourth-order valence-electron chi connectivity index (χ4n) is 2.54. The molecule has 2 atom stereocenters. The maximum atomic E-state index is 11.1. The molecule has 0 aromatic carbocycles. The smallest absolute Gasteiger partial charge is 0.308 e. The maximum absolute atomic E-state index is 11.1. The first-order valence-electron chi connectivity index (χ1n) is 5.62. The van der Waals surface area contributed by atoms with Gasteiger partial charge >= 0.3 is 5.97 Å². The summed E-state index contributed by atoms with van der Waals surface area (Å²) >= 11 is 1.69. The van der Waals surface area contributed by atoms with Gasteiger partial charge in [-0.15, -0.1) is 0 Å². The summed E-state index contributed by atoms with van der Waals surface area (Å²) in [6.07, 6.45) is 2.88. The first-order chi connectivity index (χ1) is 7.68. The zero-order chi connectivity index (χ0) is 11.5. The van der Waals surface area contributed by atoms with Crippen molar-refractivity contribution in [3.63, 3.8) is 0 Å². The molecule has 1 saturated carbocycles. The van der Waals surface area contributed by atoms with Crippen LogP contribution in [0.25, 0.3) is 0 Å². The monoisotopic (exact) mass is 239 g/mol. The van der Waals surface area contributed by atoms with Crippen LogP contribution in [0.1, 0.15) is 24.8 Å². The number of hydrogen-bond donors (Lipinski definition) is 1. The fraction of sp³-hybridized carbons (Fsp3) is 0.583. The van der Waals surface area contributed by atoms with E-state index >= 15 is 0 Å². The first-order valence-corrected chi connectivity index (χ1v) is 6.57. The van der Waals surface area contributed by atoms with Crippen LogP contribution in [0, 0.1) is 5.92 Å². The zero-order valence-corrected chi connectivity index (χ0v) is 10.2. The lowest BCUT2D eigenvalue weighted by Gasteiger charge is -2.27. The summed E-state index contributed by atoms with van der Waals surface area (Å²) in [5, 5.41) is 13.3. The van der Waals surface area contributed by atoms with E-state index < -0.39 is 5.97 Å². The van der Waals surface area contributed by atoms with E-state index in [1.165, 1.54) is 5.56 Å². The van der Waals surface area contributed by atoms with E-state index in [0.717, 1.165) is 25.8 Å². The normalized spacial score (nSPS) is 25.1. The van der Waals surface area contributed by atoms with Gasteiger partial charge in [0.15, 0.2) is 0 Å². The minimum absolute atomic E-state index is 0.177. The molecule has 0 saturated heterocycles. The Balaban J connectivity index is 1.98. The molecular formula is C12H17NO2S. The number of rotatable bonds is 4. The van der Waals surface area contributed by atoms with Gasteiger partial charge in [0.05, 0.1) is 5.92 Å². The van der Waals surface area contributed by atoms with E-state index in [-0.39, 0.29) is 12.0 Å². The lowest BCUT2D eigenvalue weighted by molar-refractivity contribution is -0.143. The standard InChI is InChI=1S/C12H17NO2S/c1-13(7-9-5-6-16-8-9)11-4-2-3-10(11)12(14)15/h5-6,8,10-11H,2-4,7H2,1H3,(H,14,15). The second-order valence-electron chi connectivity index (χ2n) is 4.49. The number of thiophene rings is 1. The Morgan fingerprint density at radius 1 is 1.62 bits per heavy atom. The number of carboxylic acids is 1. The van der Waals surface area contributed by atoms with E-state index in [9.17, 15) is 4.79 Å². The van der Waals surface area contributed by atoms with Crippen LogP contribution in [-0.2, 0) is 11.3 Å². The second-order valence-corrected chi connectivity index (χ2v) is 5.27. The highest BCUT2D eigenvalue weighted by atomic mass is 32.1. The molecule has 1 fully saturated rings. The van der Waals surface area contributed by atoms with Crippen LogP contribution in [-0.4, -0.2) is 29.1 Å². The van der Waals surface area contributed by atoms with Gasteiger partial charge in [-0.25, -0.2) is 0 Å². The van der Waals surface area contributed by atoms with E-state index in [1.54, 1.807) is 11.3 Å². The van der Waals surface area contributed by atoms with Gasteiger partial charge in [-0.3, -0.25) is 9.69 Å². The Kier molecular flexibility index (Phi) is 3.61. The maximum Gasteiger partial charge on any atom is 0.308 e. The van der Waals surface area contributed by atoms with Gasteiger partial charge in [-0.2, -0.15) is 11.3 Å². The van der Waals surface area contributed by atoms with Gasteiger partial charge in [-0.05, 0) is 42.3 Å². The quantitative estimate of drug-likeness (QED) is 0.877. The third kappa shape index (κ3) is 2.44. The van der Waals surface area contributed by atoms with E-state index in [2.05, 4.69) is 21.7 Å². The minimum atomic E-state index is -0.639. The average Bonchev–Trinajstić information content (AvgIpc) is 2.86. The molecule has 1 aliphatic carbocycles. The molecule has 88 valence electrons. The molecule has 16 heavy (non-hydrogen) atoms. The molecule has 1 heterocycles. The number of hydrogen-bond acceptors (Lipinski definition) is 3. The molecule has 2 rings (SSSR count). The molecule has 0 radical (unpaired) electrons. The van der Waals surface area contributed by atoms with Gasteiger partial charge in [0.2, 0.25) is 0 Å². The van der Waals surface area contributed by atoms with Gasteiger partial charge in [-0.1, -0.05) is 6.42 Å². The largest absolute Gasteiger partial charge is 0.481 e. The van der Waals surface area contributed by atoms with Gasteiger partial charge in [0.25, 0.3) is 0 Å². The summed E-state index contributed by atoms with van der Waals surface area (Å²) in [5.74, 6) is -0.816. The molecule has 1 N–H and O–H groups in total. The summed E-state index contributed by atoms with van der Waals surface area (Å²) in [6.45, 7) is 0.859. The van der Waals surface area contributed by atoms with Crippen molar-refractivity contribution in [3.05, 3.63) is 22.4 Å². The van der Waals surface area contributed by atoms with Crippen LogP contribution in [0.4, 0.5) is 0 Å². The summed E-state index contributed by atoms with van der Waals surface area (Å²) in [7, 11) is 2.03. The van der Waals surface area contributed by atoms with Gasteiger partial charge in [0.1, 0.15) is 0 Å². The van der Waals surface area contributed by atoms with Crippen LogP contribution < -0.4 is 0 Å². The Morgan fingerprint density at radius 2 is 2.44 bits per heavy atom. The van der Waals surface area contributed by atoms with Crippen molar-refractivity contribution in [2.75, 3.05) is 7.05 Å². The third-order valence-corrected chi connectivity index (χ3v) is 4.11. The highest BCUT2D eigenvalue weighted by molar-refractivity contribution is 7.07. The number of nitrogens with zero attached hydrogens (tertiary/aromatic N) is 1. The number of carbonyl (C=O) groups is 1. The predicted molar refractivity (Wildman–Crippen MR) is 64.6 cm³/mol. The molecule has 0 amide bonds. The number of aliphatic carboxylic acids is 1. The Bertz CT molecular complexity index is 350. The van der Waals surface area contributed by atoms with E-state index in [0.29, 0.717) is 0 Å². The van der Waals surface area contributed by atoms with Gasteiger partial charge < -0.3 is 5.11 Å². The van der Waals surface area contributed by atoms with Crippen LogP contribution >= 0.6 is 11.3 Å². The molecule has 1 aromatic rings. The lowest BCUT2D eigenvalue weighted by atomic mass is 10.0. The SMILES string of the molecule is CN(Cc1ccsc1)C1CCCC1C(=O)O. The summed E-state index contributed by atoms with van der Waals surface area (Å²) in [5.41, 5.74) is 1.28. The molecule has 0 spiro atoms. The second kappa shape index (κ2) is 4.97. The van der Waals surface area contributed by atoms with Crippen molar-refractivity contribution < 1.29 is 9.90 Å². The molecule has 0 aliphatic heterocycles. The Morgan fingerprint density at radius 3 is 3.06 bits per heavy atom. The van der Waals surface area contributed by atoms with Crippen molar-refractivity contribution >= 4 is 17.3 Å². The molecule has 2 unspecified atom stereocenters. The van der Waals surface area contributed by atoms with Crippen molar-refractivity contribution in [1.29, 1.82) is 0 Å². The molecular weight excluding hydrogens is 222 g/mol. The van der Waals surface area contributed by atoms with Crippen LogP contribution in [0.15, 0.2) is 16.8 Å². The lowest BCUT2D eigenvalue weighted by Crippen LogP contribution is -2.37. The summed E-state index contributed by atoms with van der Waals surface area (Å²) < 4.78 is 0. The van der Waals surface area contributed by atoms with Crippen molar-refractivity contribution in [1.82, 2.24) is 4.90 Å². The van der Waals surface area contributed by atoms with Crippen molar-refractivity contribution in [2.24, 2.45) is 5.92 Å².